The smallest absolute Gasteiger partial charge is 0.291 e. The first-order valence-electron chi connectivity index (χ1n) is 11.2. The summed E-state index contributed by atoms with van der Waals surface area (Å²) < 4.78 is 4.39. The van der Waals surface area contributed by atoms with Gasteiger partial charge < -0.3 is 9.80 Å². The summed E-state index contributed by atoms with van der Waals surface area (Å²) >= 11 is 1.62. The van der Waals surface area contributed by atoms with Crippen LogP contribution in [0.3, 0.4) is 0 Å². The monoisotopic (exact) mass is 427 g/mol. The average molecular weight is 428 g/mol. The molecule has 2 saturated heterocycles. The number of fused-ring (bicyclic) bond motifs is 3. The van der Waals surface area contributed by atoms with E-state index in [1.807, 2.05) is 33.7 Å². The Labute approximate surface area is 179 Å². The fourth-order valence-electron chi connectivity index (χ4n) is 5.05. The molecular formula is C22H29N5O2S. The summed E-state index contributed by atoms with van der Waals surface area (Å²) in [6.45, 7) is 6.01. The van der Waals surface area contributed by atoms with Gasteiger partial charge in [0.05, 0.1) is 10.2 Å². The number of aryl methyl sites for hydroxylation is 1. The minimum atomic E-state index is -0.188. The maximum Gasteiger partial charge on any atom is 0.291 e. The van der Waals surface area contributed by atoms with Crippen molar-refractivity contribution < 1.29 is 4.79 Å². The van der Waals surface area contributed by atoms with E-state index in [0.717, 1.165) is 42.0 Å². The Bertz CT molecular complexity index is 1120. The number of nitrogens with zero attached hydrogens (tertiary/aromatic N) is 5. The maximum absolute atomic E-state index is 13.0. The van der Waals surface area contributed by atoms with Gasteiger partial charge in [-0.3, -0.25) is 14.0 Å². The third kappa shape index (κ3) is 3.46. The fraction of sp³-hybridized carbons (Fsp3) is 0.591. The molecule has 2 fully saturated rings. The van der Waals surface area contributed by atoms with Crippen molar-refractivity contribution in [3.8, 4) is 0 Å². The number of carbonyl (C=O) groups is 1. The normalized spacial score (nSPS) is 19.2. The molecule has 3 aromatic rings. The number of thiophene rings is 1. The van der Waals surface area contributed by atoms with Gasteiger partial charge in [-0.05, 0) is 56.3 Å². The van der Waals surface area contributed by atoms with Crippen molar-refractivity contribution in [2.45, 2.75) is 58.0 Å². The molecule has 5 heterocycles. The first kappa shape index (κ1) is 19.8. The Morgan fingerprint density at radius 2 is 1.90 bits per heavy atom. The van der Waals surface area contributed by atoms with Gasteiger partial charge in [0.25, 0.3) is 5.56 Å². The number of carbonyl (C=O) groups excluding carboxylic acids is 1. The first-order chi connectivity index (χ1) is 14.7. The fourth-order valence-corrected chi connectivity index (χ4v) is 5.85. The van der Waals surface area contributed by atoms with Crippen molar-refractivity contribution in [3.63, 3.8) is 0 Å². The zero-order chi connectivity index (χ0) is 20.7. The molecule has 2 aliphatic heterocycles. The van der Waals surface area contributed by atoms with Crippen LogP contribution in [0.25, 0.3) is 15.7 Å². The van der Waals surface area contributed by atoms with Gasteiger partial charge in [-0.1, -0.05) is 13.3 Å². The summed E-state index contributed by atoms with van der Waals surface area (Å²) in [5.74, 6) is 0.816. The Morgan fingerprint density at radius 1 is 1.13 bits per heavy atom. The zero-order valence-electron chi connectivity index (χ0n) is 17.5. The van der Waals surface area contributed by atoms with Crippen LogP contribution in [0.4, 0.5) is 0 Å². The molecule has 0 radical (unpaired) electrons. The zero-order valence-corrected chi connectivity index (χ0v) is 18.4. The highest BCUT2D eigenvalue weighted by Gasteiger charge is 2.28. The molecule has 160 valence electrons. The summed E-state index contributed by atoms with van der Waals surface area (Å²) in [4.78, 5) is 30.5. The van der Waals surface area contributed by atoms with Gasteiger partial charge in [-0.15, -0.1) is 11.3 Å². The van der Waals surface area contributed by atoms with Gasteiger partial charge in [0.15, 0.2) is 0 Å². The molecule has 0 aromatic carbocycles. The van der Waals surface area contributed by atoms with Gasteiger partial charge in [0.2, 0.25) is 5.91 Å². The van der Waals surface area contributed by atoms with Crippen molar-refractivity contribution in [1.82, 2.24) is 24.0 Å². The van der Waals surface area contributed by atoms with E-state index in [0.29, 0.717) is 18.0 Å². The van der Waals surface area contributed by atoms with E-state index in [-0.39, 0.29) is 18.0 Å². The van der Waals surface area contributed by atoms with Gasteiger partial charge >= 0.3 is 0 Å². The number of likely N-dealkylation sites (tertiary alicyclic amines) is 2. The second kappa shape index (κ2) is 8.15. The summed E-state index contributed by atoms with van der Waals surface area (Å²) in [6, 6.07) is 4.55. The molecule has 0 saturated carbocycles. The maximum atomic E-state index is 13.0. The highest BCUT2D eigenvalue weighted by atomic mass is 32.1. The largest absolute Gasteiger partial charge is 0.341 e. The molecule has 2 aliphatic rings. The van der Waals surface area contributed by atoms with E-state index in [2.05, 4.69) is 10.00 Å². The predicted octanol–water partition coefficient (Wildman–Crippen LogP) is 2.75. The molecule has 0 spiro atoms. The molecule has 7 nitrogen and oxygen atoms in total. The molecule has 0 N–H and O–H groups in total. The average Bonchev–Trinajstić information content (AvgIpc) is 3.38. The summed E-state index contributed by atoms with van der Waals surface area (Å²) in [5.41, 5.74) is 1.45. The second-order valence-electron chi connectivity index (χ2n) is 8.48. The lowest BCUT2D eigenvalue weighted by atomic mass is 10.00. The van der Waals surface area contributed by atoms with Crippen LogP contribution >= 0.6 is 11.3 Å². The van der Waals surface area contributed by atoms with Gasteiger partial charge in [0.1, 0.15) is 17.9 Å². The molecule has 3 aromatic heterocycles. The Morgan fingerprint density at radius 3 is 2.63 bits per heavy atom. The Kier molecular flexibility index (Phi) is 5.37. The molecule has 0 bridgehead atoms. The summed E-state index contributed by atoms with van der Waals surface area (Å²) in [6.07, 6.45) is 6.70. The van der Waals surface area contributed by atoms with E-state index >= 15 is 0 Å². The van der Waals surface area contributed by atoms with Gasteiger partial charge in [-0.2, -0.15) is 5.10 Å². The standard InChI is InChI=1S/C22H29N5O2S/c1-2-20-23-26(22(29)18-14-19-17(27(18)20)8-13-30-19)15-21(28)25-11-6-16(7-12-25)24-9-4-3-5-10-24/h8,13-14,16H,2-7,9-12,15H2,1H3. The third-order valence-corrected chi connectivity index (χ3v) is 7.55. The van der Waals surface area contributed by atoms with Crippen LogP contribution < -0.4 is 5.56 Å². The van der Waals surface area contributed by atoms with Crippen LogP contribution in [0.2, 0.25) is 0 Å². The van der Waals surface area contributed by atoms with Crippen LogP contribution in [-0.4, -0.2) is 62.1 Å². The highest BCUT2D eigenvalue weighted by Crippen LogP contribution is 2.25. The van der Waals surface area contributed by atoms with Gasteiger partial charge in [-0.25, -0.2) is 4.68 Å². The quantitative estimate of drug-likeness (QED) is 0.642. The lowest BCUT2D eigenvalue weighted by Crippen LogP contribution is -2.49. The van der Waals surface area contributed by atoms with Crippen molar-refractivity contribution in [1.29, 1.82) is 0 Å². The van der Waals surface area contributed by atoms with Crippen molar-refractivity contribution in [3.05, 3.63) is 33.7 Å². The van der Waals surface area contributed by atoms with Crippen LogP contribution in [0.5, 0.6) is 0 Å². The first-order valence-corrected chi connectivity index (χ1v) is 12.0. The molecule has 0 aliphatic carbocycles. The number of piperidine rings is 2. The van der Waals surface area contributed by atoms with E-state index in [1.165, 1.54) is 37.0 Å². The van der Waals surface area contributed by atoms with Crippen molar-refractivity contribution in [2.75, 3.05) is 26.2 Å². The molecule has 0 atom stereocenters. The topological polar surface area (TPSA) is 62.9 Å². The lowest BCUT2D eigenvalue weighted by molar-refractivity contribution is -0.133. The van der Waals surface area contributed by atoms with E-state index < -0.39 is 0 Å². The summed E-state index contributed by atoms with van der Waals surface area (Å²) in [7, 11) is 0. The van der Waals surface area contributed by atoms with Crippen LogP contribution in [0.15, 0.2) is 22.3 Å². The SMILES string of the molecule is CCc1nn(CC(=O)N2CCC(N3CCCCC3)CC2)c(=O)c2cc3sccc3n12. The number of amides is 1. The molecule has 1 amide bonds. The third-order valence-electron chi connectivity index (χ3n) is 6.70. The lowest BCUT2D eigenvalue weighted by Gasteiger charge is -2.40. The van der Waals surface area contributed by atoms with Crippen molar-refractivity contribution in [2.24, 2.45) is 0 Å². The molecule has 30 heavy (non-hydrogen) atoms. The number of aromatic nitrogens is 3. The van der Waals surface area contributed by atoms with Crippen molar-refractivity contribution >= 4 is 33.0 Å². The molecule has 0 unspecified atom stereocenters. The Balaban J connectivity index is 1.32. The van der Waals surface area contributed by atoms with Crippen LogP contribution in [-0.2, 0) is 17.8 Å². The van der Waals surface area contributed by atoms with Gasteiger partial charge in [0, 0.05) is 25.6 Å². The molecular weight excluding hydrogens is 398 g/mol. The Hall–Kier alpha value is -2.19. The van der Waals surface area contributed by atoms with Crippen LogP contribution in [0.1, 0.15) is 44.9 Å². The summed E-state index contributed by atoms with van der Waals surface area (Å²) in [5, 5.41) is 6.59. The van der Waals surface area contributed by atoms with E-state index in [4.69, 9.17) is 0 Å². The second-order valence-corrected chi connectivity index (χ2v) is 9.42. The molecule has 5 rings (SSSR count). The van der Waals surface area contributed by atoms with E-state index in [9.17, 15) is 9.59 Å². The predicted molar refractivity (Wildman–Crippen MR) is 119 cm³/mol. The number of hydrogen-bond donors (Lipinski definition) is 0. The highest BCUT2D eigenvalue weighted by molar-refractivity contribution is 7.17. The molecule has 8 heteroatoms. The minimum Gasteiger partial charge on any atom is -0.341 e. The number of rotatable bonds is 4. The van der Waals surface area contributed by atoms with Crippen LogP contribution in [0, 0.1) is 0 Å². The minimum absolute atomic E-state index is 0.00136. The number of hydrogen-bond acceptors (Lipinski definition) is 5. The van der Waals surface area contributed by atoms with E-state index in [1.54, 1.807) is 11.3 Å².